The van der Waals surface area contributed by atoms with Gasteiger partial charge in [-0.2, -0.15) is 0 Å². The van der Waals surface area contributed by atoms with E-state index in [1.165, 1.54) is 42.7 Å². The van der Waals surface area contributed by atoms with Crippen LogP contribution >= 0.6 is 11.3 Å². The van der Waals surface area contributed by atoms with Gasteiger partial charge in [0.15, 0.2) is 11.5 Å². The highest BCUT2D eigenvalue weighted by atomic mass is 32.1. The van der Waals surface area contributed by atoms with Gasteiger partial charge in [-0.15, -0.1) is 11.3 Å². The minimum Gasteiger partial charge on any atom is -0.493 e. The van der Waals surface area contributed by atoms with Crippen LogP contribution in [0.2, 0.25) is 0 Å². The van der Waals surface area contributed by atoms with E-state index in [2.05, 4.69) is 10.3 Å². The number of aromatic nitrogens is 1. The predicted octanol–water partition coefficient (Wildman–Crippen LogP) is 5.75. The first-order valence-electron chi connectivity index (χ1n) is 10.2. The van der Waals surface area contributed by atoms with E-state index < -0.39 is 11.6 Å². The van der Waals surface area contributed by atoms with Crippen LogP contribution in [0.5, 0.6) is 11.5 Å². The number of ether oxygens (including phenoxy) is 2. The molecule has 0 aliphatic rings. The molecule has 174 valence electrons. The summed E-state index contributed by atoms with van der Waals surface area (Å²) in [5.41, 5.74) is 1.93. The van der Waals surface area contributed by atoms with Crippen LogP contribution in [0.1, 0.15) is 21.6 Å². The van der Waals surface area contributed by atoms with E-state index in [0.29, 0.717) is 33.2 Å². The minimum absolute atomic E-state index is 0.0444. The summed E-state index contributed by atoms with van der Waals surface area (Å²) in [5, 5.41) is 4.94. The lowest BCUT2D eigenvalue weighted by atomic mass is 10.2. The fourth-order valence-electron chi connectivity index (χ4n) is 3.21. The van der Waals surface area contributed by atoms with Crippen molar-refractivity contribution in [3.8, 4) is 22.1 Å². The molecule has 4 aromatic rings. The number of hydrogen-bond acceptors (Lipinski definition) is 5. The zero-order chi connectivity index (χ0) is 24.1. The number of nitrogens with one attached hydrogen (secondary N) is 1. The monoisotopic (exact) mass is 484 g/mol. The molecule has 0 aliphatic heterocycles. The standard InChI is InChI=1S/C25H19F3N2O3S/c1-32-23-10-17(5-6-22(23)33-13-16-8-19(27)11-20(28)9-16)25-30-21(14-34-25)24(31)29-12-15-3-2-4-18(26)7-15/h2-11,14H,12-13H2,1H3,(H,29,31). The first-order chi connectivity index (χ1) is 16.4. The Balaban J connectivity index is 1.43. The zero-order valence-electron chi connectivity index (χ0n) is 18.0. The van der Waals surface area contributed by atoms with Gasteiger partial charge in [-0.25, -0.2) is 18.2 Å². The first-order valence-corrected chi connectivity index (χ1v) is 11.0. The second-order valence-corrected chi connectivity index (χ2v) is 8.14. The highest BCUT2D eigenvalue weighted by Gasteiger charge is 2.14. The molecule has 0 saturated heterocycles. The fourth-order valence-corrected chi connectivity index (χ4v) is 4.00. The van der Waals surface area contributed by atoms with Gasteiger partial charge in [0, 0.05) is 23.6 Å². The molecule has 0 saturated carbocycles. The summed E-state index contributed by atoms with van der Waals surface area (Å²) in [6.45, 7) is 0.135. The Bertz CT molecular complexity index is 1310. The van der Waals surface area contributed by atoms with E-state index in [9.17, 15) is 18.0 Å². The minimum atomic E-state index is -0.680. The number of halogens is 3. The number of hydrogen-bond donors (Lipinski definition) is 1. The molecule has 0 spiro atoms. The molecule has 0 atom stereocenters. The molecule has 0 radical (unpaired) electrons. The van der Waals surface area contributed by atoms with Gasteiger partial charge in [-0.3, -0.25) is 4.79 Å². The third-order valence-corrected chi connectivity index (χ3v) is 5.70. The van der Waals surface area contributed by atoms with Crippen molar-refractivity contribution in [2.24, 2.45) is 0 Å². The third-order valence-electron chi connectivity index (χ3n) is 4.81. The van der Waals surface area contributed by atoms with Gasteiger partial charge in [-0.1, -0.05) is 12.1 Å². The van der Waals surface area contributed by atoms with Gasteiger partial charge in [-0.05, 0) is 53.6 Å². The third kappa shape index (κ3) is 5.74. The lowest BCUT2D eigenvalue weighted by Crippen LogP contribution is -2.23. The lowest BCUT2D eigenvalue weighted by molar-refractivity contribution is 0.0946. The number of amides is 1. The molecule has 3 aromatic carbocycles. The summed E-state index contributed by atoms with van der Waals surface area (Å²) in [7, 11) is 1.47. The largest absolute Gasteiger partial charge is 0.493 e. The van der Waals surface area contributed by atoms with Crippen molar-refractivity contribution in [1.82, 2.24) is 10.3 Å². The van der Waals surface area contributed by atoms with Gasteiger partial charge in [0.1, 0.15) is 34.8 Å². The molecule has 0 bridgehead atoms. The Hall–Kier alpha value is -3.85. The average Bonchev–Trinajstić information content (AvgIpc) is 3.31. The predicted molar refractivity (Wildman–Crippen MR) is 122 cm³/mol. The zero-order valence-corrected chi connectivity index (χ0v) is 18.8. The molecule has 1 amide bonds. The normalized spacial score (nSPS) is 10.7. The SMILES string of the molecule is COc1cc(-c2nc(C(=O)NCc3cccc(F)c3)cs2)ccc1OCc1cc(F)cc(F)c1. The second kappa shape index (κ2) is 10.4. The molecule has 5 nitrogen and oxygen atoms in total. The number of benzene rings is 3. The fraction of sp³-hybridized carbons (Fsp3) is 0.120. The molecule has 0 fully saturated rings. The van der Waals surface area contributed by atoms with E-state index in [1.54, 1.807) is 35.7 Å². The van der Waals surface area contributed by atoms with Crippen LogP contribution in [0.25, 0.3) is 10.6 Å². The molecule has 0 unspecified atom stereocenters. The van der Waals surface area contributed by atoms with Crippen LogP contribution in [0.15, 0.2) is 66.0 Å². The number of thiazole rings is 1. The van der Waals surface area contributed by atoms with Crippen LogP contribution in [-0.4, -0.2) is 18.0 Å². The maximum atomic E-state index is 13.4. The molecule has 1 aromatic heterocycles. The van der Waals surface area contributed by atoms with Crippen LogP contribution in [0.4, 0.5) is 13.2 Å². The Morgan fingerprint density at radius 3 is 2.44 bits per heavy atom. The van der Waals surface area contributed by atoms with Gasteiger partial charge in [0.25, 0.3) is 5.91 Å². The maximum absolute atomic E-state index is 13.4. The number of carbonyl (C=O) groups excluding carboxylic acids is 1. The Kier molecular flexibility index (Phi) is 7.12. The molecular formula is C25H19F3N2O3S. The van der Waals surface area contributed by atoms with Gasteiger partial charge in [0.2, 0.25) is 0 Å². The summed E-state index contributed by atoms with van der Waals surface area (Å²) in [5.74, 6) is -1.31. The molecule has 34 heavy (non-hydrogen) atoms. The van der Waals surface area contributed by atoms with E-state index >= 15 is 0 Å². The van der Waals surface area contributed by atoms with Crippen LogP contribution in [0, 0.1) is 17.5 Å². The van der Waals surface area contributed by atoms with Gasteiger partial charge < -0.3 is 14.8 Å². The average molecular weight is 484 g/mol. The summed E-state index contributed by atoms with van der Waals surface area (Å²) in [6, 6.07) is 14.3. The highest BCUT2D eigenvalue weighted by molar-refractivity contribution is 7.13. The van der Waals surface area contributed by atoms with Crippen molar-refractivity contribution in [3.05, 3.63) is 100 Å². The molecule has 1 N–H and O–H groups in total. The van der Waals surface area contributed by atoms with Gasteiger partial charge in [0.05, 0.1) is 7.11 Å². The topological polar surface area (TPSA) is 60.5 Å². The highest BCUT2D eigenvalue weighted by Crippen LogP contribution is 2.34. The van der Waals surface area contributed by atoms with Crippen LogP contribution in [-0.2, 0) is 13.2 Å². The van der Waals surface area contributed by atoms with E-state index in [1.807, 2.05) is 0 Å². The summed E-state index contributed by atoms with van der Waals surface area (Å²) < 4.78 is 51.1. The first kappa shape index (κ1) is 23.3. The number of nitrogens with zero attached hydrogens (tertiary/aromatic N) is 1. The van der Waals surface area contributed by atoms with Crippen molar-refractivity contribution < 1.29 is 27.4 Å². The smallest absolute Gasteiger partial charge is 0.271 e. The Morgan fingerprint density at radius 1 is 0.941 bits per heavy atom. The summed E-state index contributed by atoms with van der Waals surface area (Å²) in [4.78, 5) is 16.8. The van der Waals surface area contributed by atoms with Crippen molar-refractivity contribution in [2.75, 3.05) is 7.11 Å². The number of rotatable bonds is 8. The van der Waals surface area contributed by atoms with E-state index in [4.69, 9.17) is 9.47 Å². The van der Waals surface area contributed by atoms with Gasteiger partial charge >= 0.3 is 0 Å². The van der Waals surface area contributed by atoms with Crippen molar-refractivity contribution in [1.29, 1.82) is 0 Å². The maximum Gasteiger partial charge on any atom is 0.271 e. The lowest BCUT2D eigenvalue weighted by Gasteiger charge is -2.12. The molecule has 9 heteroatoms. The van der Waals surface area contributed by atoms with E-state index in [0.717, 1.165) is 6.07 Å². The summed E-state index contributed by atoms with van der Waals surface area (Å²) in [6.07, 6.45) is 0. The Labute approximate surface area is 197 Å². The summed E-state index contributed by atoms with van der Waals surface area (Å²) >= 11 is 1.28. The van der Waals surface area contributed by atoms with E-state index in [-0.39, 0.29) is 30.6 Å². The molecule has 1 heterocycles. The van der Waals surface area contributed by atoms with Crippen molar-refractivity contribution >= 4 is 17.2 Å². The quantitative estimate of drug-likeness (QED) is 0.346. The van der Waals surface area contributed by atoms with Crippen LogP contribution < -0.4 is 14.8 Å². The molecular weight excluding hydrogens is 465 g/mol. The van der Waals surface area contributed by atoms with Crippen LogP contribution in [0.3, 0.4) is 0 Å². The van der Waals surface area contributed by atoms with Crippen molar-refractivity contribution in [3.63, 3.8) is 0 Å². The second-order valence-electron chi connectivity index (χ2n) is 7.28. The molecule has 0 aliphatic carbocycles. The number of methoxy groups -OCH3 is 1. The number of carbonyl (C=O) groups is 1. The van der Waals surface area contributed by atoms with Crippen molar-refractivity contribution in [2.45, 2.75) is 13.2 Å². The molecule has 4 rings (SSSR count). The Morgan fingerprint density at radius 2 is 1.71 bits per heavy atom.